The summed E-state index contributed by atoms with van der Waals surface area (Å²) in [6.45, 7) is -0.0988. The molecule has 0 saturated carbocycles. The van der Waals surface area contributed by atoms with Gasteiger partial charge in [-0.2, -0.15) is 13.2 Å². The predicted octanol–water partition coefficient (Wildman–Crippen LogP) is 4.44. The maximum Gasteiger partial charge on any atom is 0.416 e. The molecule has 5 nitrogen and oxygen atoms in total. The number of carbonyl (C=O) groups excluding carboxylic acids is 1. The number of anilines is 1. The minimum Gasteiger partial charge on any atom is -0.348 e. The van der Waals surface area contributed by atoms with Crippen molar-refractivity contribution in [1.29, 1.82) is 0 Å². The predicted molar refractivity (Wildman–Crippen MR) is 106 cm³/mol. The quantitative estimate of drug-likeness (QED) is 0.603. The first-order valence-corrected chi connectivity index (χ1v) is 10.3. The first-order chi connectivity index (χ1) is 14.1. The van der Waals surface area contributed by atoms with E-state index in [0.717, 1.165) is 12.1 Å². The van der Waals surface area contributed by atoms with Crippen molar-refractivity contribution < 1.29 is 26.4 Å². The fourth-order valence-corrected chi connectivity index (χ4v) is 3.71. The standard InChI is InChI=1S/C21H17F3N2O3S/c22-21(23,24)17-6-4-5-15(13-17)14-25-20(27)16-9-11-19(12-10-16)30(28,29)26-18-7-2-1-3-8-18/h1-13,26H,14H2,(H,25,27). The highest BCUT2D eigenvalue weighted by atomic mass is 32.2. The number of rotatable bonds is 6. The lowest BCUT2D eigenvalue weighted by Crippen LogP contribution is -2.23. The summed E-state index contributed by atoms with van der Waals surface area (Å²) in [5.41, 5.74) is 0.0835. The molecule has 0 atom stereocenters. The zero-order valence-electron chi connectivity index (χ0n) is 15.5. The third-order valence-corrected chi connectivity index (χ3v) is 5.56. The van der Waals surface area contributed by atoms with Crippen molar-refractivity contribution in [1.82, 2.24) is 5.32 Å². The van der Waals surface area contributed by atoms with E-state index in [1.54, 1.807) is 30.3 Å². The lowest BCUT2D eigenvalue weighted by Gasteiger charge is -2.10. The van der Waals surface area contributed by atoms with Gasteiger partial charge in [-0.05, 0) is 54.1 Å². The molecule has 3 aromatic rings. The summed E-state index contributed by atoms with van der Waals surface area (Å²) in [5.74, 6) is -0.535. The van der Waals surface area contributed by atoms with Crippen LogP contribution in [0.15, 0.2) is 83.8 Å². The topological polar surface area (TPSA) is 75.3 Å². The normalized spacial score (nSPS) is 11.7. The molecule has 0 aliphatic heterocycles. The Kier molecular flexibility index (Phi) is 6.12. The average molecular weight is 434 g/mol. The molecule has 1 amide bonds. The van der Waals surface area contributed by atoms with E-state index in [4.69, 9.17) is 0 Å². The molecule has 0 unspecified atom stereocenters. The number of hydrogen-bond donors (Lipinski definition) is 2. The number of nitrogens with one attached hydrogen (secondary N) is 2. The second kappa shape index (κ2) is 8.58. The Morgan fingerprint density at radius 1 is 0.867 bits per heavy atom. The van der Waals surface area contributed by atoms with E-state index < -0.39 is 27.7 Å². The lowest BCUT2D eigenvalue weighted by atomic mass is 10.1. The first kappa shape index (κ1) is 21.4. The second-order valence-electron chi connectivity index (χ2n) is 6.38. The number of para-hydroxylation sites is 1. The molecule has 0 aromatic heterocycles. The Labute approximate surface area is 171 Å². The maximum absolute atomic E-state index is 12.8. The molecular weight excluding hydrogens is 417 g/mol. The molecule has 0 bridgehead atoms. The average Bonchev–Trinajstić information content (AvgIpc) is 2.72. The molecule has 156 valence electrons. The van der Waals surface area contributed by atoms with Gasteiger partial charge in [-0.1, -0.05) is 30.3 Å². The molecule has 9 heteroatoms. The first-order valence-electron chi connectivity index (χ1n) is 8.77. The van der Waals surface area contributed by atoms with Crippen LogP contribution < -0.4 is 10.0 Å². The van der Waals surface area contributed by atoms with Crippen LogP contribution in [0.3, 0.4) is 0 Å². The Bertz CT molecular complexity index is 1130. The Morgan fingerprint density at radius 3 is 2.17 bits per heavy atom. The van der Waals surface area contributed by atoms with E-state index in [1.165, 1.54) is 36.4 Å². The fourth-order valence-electron chi connectivity index (χ4n) is 2.65. The van der Waals surface area contributed by atoms with Gasteiger partial charge in [0.1, 0.15) is 0 Å². The van der Waals surface area contributed by atoms with Crippen LogP contribution in [0.5, 0.6) is 0 Å². The highest BCUT2D eigenvalue weighted by Crippen LogP contribution is 2.29. The molecule has 0 saturated heterocycles. The van der Waals surface area contributed by atoms with Crippen molar-refractivity contribution in [3.63, 3.8) is 0 Å². The Hall–Kier alpha value is -3.33. The van der Waals surface area contributed by atoms with Crippen LogP contribution in [0, 0.1) is 0 Å². The van der Waals surface area contributed by atoms with E-state index in [0.29, 0.717) is 11.3 Å². The summed E-state index contributed by atoms with van der Waals surface area (Å²) in [6, 6.07) is 18.2. The summed E-state index contributed by atoms with van der Waals surface area (Å²) in [7, 11) is -3.82. The van der Waals surface area contributed by atoms with Gasteiger partial charge in [-0.15, -0.1) is 0 Å². The minimum atomic E-state index is -4.46. The largest absolute Gasteiger partial charge is 0.416 e. The Morgan fingerprint density at radius 2 is 1.53 bits per heavy atom. The third kappa shape index (κ3) is 5.38. The van der Waals surface area contributed by atoms with Crippen molar-refractivity contribution in [2.45, 2.75) is 17.6 Å². The van der Waals surface area contributed by atoms with E-state index in [9.17, 15) is 26.4 Å². The van der Waals surface area contributed by atoms with Gasteiger partial charge in [0.2, 0.25) is 0 Å². The van der Waals surface area contributed by atoms with Crippen molar-refractivity contribution >= 4 is 21.6 Å². The molecule has 0 fully saturated rings. The summed E-state index contributed by atoms with van der Waals surface area (Å²) >= 11 is 0. The number of alkyl halides is 3. The SMILES string of the molecule is O=C(NCc1cccc(C(F)(F)F)c1)c1ccc(S(=O)(=O)Nc2ccccc2)cc1. The highest BCUT2D eigenvalue weighted by Gasteiger charge is 2.30. The van der Waals surface area contributed by atoms with E-state index >= 15 is 0 Å². The molecule has 3 rings (SSSR count). The third-order valence-electron chi connectivity index (χ3n) is 4.16. The van der Waals surface area contributed by atoms with E-state index in [1.807, 2.05) is 0 Å². The van der Waals surface area contributed by atoms with E-state index in [2.05, 4.69) is 10.0 Å². The molecule has 0 radical (unpaired) electrons. The fraction of sp³-hybridized carbons (Fsp3) is 0.0952. The van der Waals surface area contributed by atoms with Gasteiger partial charge in [0.25, 0.3) is 15.9 Å². The zero-order valence-corrected chi connectivity index (χ0v) is 16.3. The highest BCUT2D eigenvalue weighted by molar-refractivity contribution is 7.92. The molecule has 0 aliphatic carbocycles. The summed E-state index contributed by atoms with van der Waals surface area (Å²) in [6.07, 6.45) is -4.46. The summed E-state index contributed by atoms with van der Waals surface area (Å²) in [4.78, 5) is 12.2. The number of amides is 1. The molecule has 0 aliphatic rings. The molecule has 0 heterocycles. The smallest absolute Gasteiger partial charge is 0.348 e. The number of benzene rings is 3. The van der Waals surface area contributed by atoms with Gasteiger partial charge < -0.3 is 5.32 Å². The van der Waals surface area contributed by atoms with Gasteiger partial charge >= 0.3 is 6.18 Å². The van der Waals surface area contributed by atoms with Crippen molar-refractivity contribution in [2.24, 2.45) is 0 Å². The number of sulfonamides is 1. The van der Waals surface area contributed by atoms with Crippen LogP contribution >= 0.6 is 0 Å². The van der Waals surface area contributed by atoms with Gasteiger partial charge in [-0.25, -0.2) is 8.42 Å². The van der Waals surface area contributed by atoms with Crippen LogP contribution in [0.4, 0.5) is 18.9 Å². The van der Waals surface area contributed by atoms with Crippen LogP contribution in [0.1, 0.15) is 21.5 Å². The van der Waals surface area contributed by atoms with E-state index in [-0.39, 0.29) is 17.0 Å². The van der Waals surface area contributed by atoms with Gasteiger partial charge in [-0.3, -0.25) is 9.52 Å². The van der Waals surface area contributed by atoms with Gasteiger partial charge in [0.05, 0.1) is 10.5 Å². The maximum atomic E-state index is 12.8. The van der Waals surface area contributed by atoms with Crippen LogP contribution in [-0.2, 0) is 22.7 Å². The van der Waals surface area contributed by atoms with Gasteiger partial charge in [0, 0.05) is 17.8 Å². The molecule has 0 spiro atoms. The molecule has 2 N–H and O–H groups in total. The molecule has 30 heavy (non-hydrogen) atoms. The molecule has 3 aromatic carbocycles. The van der Waals surface area contributed by atoms with Crippen molar-refractivity contribution in [3.8, 4) is 0 Å². The van der Waals surface area contributed by atoms with Crippen molar-refractivity contribution in [2.75, 3.05) is 4.72 Å². The van der Waals surface area contributed by atoms with Crippen LogP contribution in [0.2, 0.25) is 0 Å². The number of carbonyl (C=O) groups is 1. The second-order valence-corrected chi connectivity index (χ2v) is 8.06. The summed E-state index contributed by atoms with van der Waals surface area (Å²) < 4.78 is 65.5. The zero-order chi connectivity index (χ0) is 21.8. The Balaban J connectivity index is 1.65. The summed E-state index contributed by atoms with van der Waals surface area (Å²) in [5, 5.41) is 2.52. The monoisotopic (exact) mass is 434 g/mol. The number of hydrogen-bond acceptors (Lipinski definition) is 3. The number of halogens is 3. The molecular formula is C21H17F3N2O3S. The minimum absolute atomic E-state index is 0.0271. The van der Waals surface area contributed by atoms with Crippen molar-refractivity contribution in [3.05, 3.63) is 95.6 Å². The van der Waals surface area contributed by atoms with Crippen LogP contribution in [0.25, 0.3) is 0 Å². The van der Waals surface area contributed by atoms with Gasteiger partial charge in [0.15, 0.2) is 0 Å². The lowest BCUT2D eigenvalue weighted by molar-refractivity contribution is -0.137. The van der Waals surface area contributed by atoms with Crippen LogP contribution in [-0.4, -0.2) is 14.3 Å².